The quantitative estimate of drug-likeness (QED) is 0.411. The third-order valence-corrected chi connectivity index (χ3v) is 6.91. The van der Waals surface area contributed by atoms with Crippen LogP contribution in [-0.2, 0) is 10.8 Å². The number of anilines is 1. The minimum absolute atomic E-state index is 0.0985. The molecule has 0 saturated heterocycles. The Morgan fingerprint density at radius 1 is 1.00 bits per heavy atom. The number of likely N-dealkylation sites (N-methyl/N-ethyl adjacent to an activating group) is 1. The van der Waals surface area contributed by atoms with Gasteiger partial charge in [-0.3, -0.25) is 0 Å². The molecule has 1 aliphatic rings. The summed E-state index contributed by atoms with van der Waals surface area (Å²) in [5, 5.41) is 1.53. The maximum absolute atomic E-state index is 6.24. The van der Waals surface area contributed by atoms with Crippen LogP contribution in [0.3, 0.4) is 0 Å². The zero-order chi connectivity index (χ0) is 23.0. The average molecular weight is 452 g/mol. The molecule has 0 aliphatic carbocycles. The first-order valence-corrected chi connectivity index (χ1v) is 11.3. The minimum atomic E-state index is -0.202. The molecule has 1 nitrogen and oxygen atoms in total. The van der Waals surface area contributed by atoms with Gasteiger partial charge in [0.05, 0.1) is 0 Å². The molecule has 0 atom stereocenters. The number of benzene rings is 2. The second kappa shape index (κ2) is 8.73. The van der Waals surface area contributed by atoms with Crippen molar-refractivity contribution in [1.82, 2.24) is 0 Å². The molecule has 0 fully saturated rings. The fourth-order valence-electron chi connectivity index (χ4n) is 4.34. The molecule has 3 rings (SSSR count). The topological polar surface area (TPSA) is 3.24 Å². The predicted octanol–water partition coefficient (Wildman–Crippen LogP) is 8.56. The van der Waals surface area contributed by atoms with Crippen LogP contribution in [-0.4, -0.2) is 7.05 Å². The van der Waals surface area contributed by atoms with Crippen molar-refractivity contribution in [2.45, 2.75) is 45.4 Å². The van der Waals surface area contributed by atoms with Crippen LogP contribution in [0, 0.1) is 6.92 Å². The summed E-state index contributed by atoms with van der Waals surface area (Å²) < 4.78 is 0. The zero-order valence-corrected chi connectivity index (χ0v) is 20.8. The molecule has 2 aromatic carbocycles. The van der Waals surface area contributed by atoms with Gasteiger partial charge >= 0.3 is 0 Å². The summed E-state index contributed by atoms with van der Waals surface area (Å²) in [5.74, 6) is 0. The van der Waals surface area contributed by atoms with Gasteiger partial charge in [-0.15, -0.1) is 0 Å². The Morgan fingerprint density at radius 3 is 2.35 bits per heavy atom. The van der Waals surface area contributed by atoms with Crippen LogP contribution < -0.4 is 4.90 Å². The van der Waals surface area contributed by atoms with Crippen molar-refractivity contribution >= 4 is 28.9 Å². The van der Waals surface area contributed by atoms with Crippen molar-refractivity contribution in [3.63, 3.8) is 0 Å². The Hall–Kier alpha value is -2.22. The third kappa shape index (κ3) is 4.54. The Balaban J connectivity index is 1.77. The first-order chi connectivity index (χ1) is 14.5. The van der Waals surface area contributed by atoms with Gasteiger partial charge in [-0.2, -0.15) is 0 Å². The van der Waals surface area contributed by atoms with Gasteiger partial charge in [0.2, 0.25) is 0 Å². The highest BCUT2D eigenvalue weighted by Crippen LogP contribution is 2.47. The molecule has 0 amide bonds. The highest BCUT2D eigenvalue weighted by molar-refractivity contribution is 6.31. The van der Waals surface area contributed by atoms with Gasteiger partial charge in [0.15, 0.2) is 0 Å². The van der Waals surface area contributed by atoms with Crippen molar-refractivity contribution in [2.24, 2.45) is 0 Å². The van der Waals surface area contributed by atoms with Crippen molar-refractivity contribution in [2.75, 3.05) is 11.9 Å². The van der Waals surface area contributed by atoms with Gasteiger partial charge in [-0.1, -0.05) is 87.8 Å². The van der Waals surface area contributed by atoms with Crippen LogP contribution in [0.1, 0.15) is 44.4 Å². The van der Waals surface area contributed by atoms with Crippen molar-refractivity contribution in [3.8, 4) is 0 Å². The normalized spacial score (nSPS) is 17.2. The van der Waals surface area contributed by atoms with Crippen LogP contribution >= 0.6 is 23.2 Å². The maximum Gasteiger partial charge on any atom is 0.0449 e. The molecule has 0 bridgehead atoms. The zero-order valence-electron chi connectivity index (χ0n) is 19.3. The lowest BCUT2D eigenvalue weighted by molar-refractivity contribution is 0.637. The van der Waals surface area contributed by atoms with Crippen LogP contribution in [0.2, 0.25) is 10.0 Å². The van der Waals surface area contributed by atoms with Gasteiger partial charge < -0.3 is 4.90 Å². The first-order valence-electron chi connectivity index (χ1n) is 10.5. The average Bonchev–Trinajstić information content (AvgIpc) is 2.89. The van der Waals surface area contributed by atoms with E-state index in [1.807, 2.05) is 24.3 Å². The molecule has 1 heterocycles. The predicted molar refractivity (Wildman–Crippen MR) is 138 cm³/mol. The molecule has 3 heteroatoms. The van der Waals surface area contributed by atoms with E-state index in [2.05, 4.69) is 95.6 Å². The number of rotatable bonds is 5. The number of fused-ring (bicyclic) bond motifs is 1. The van der Waals surface area contributed by atoms with E-state index in [0.29, 0.717) is 0 Å². The first kappa shape index (κ1) is 23.4. The number of nitrogens with zero attached hydrogens (tertiary/aromatic N) is 1. The number of hydrogen-bond donors (Lipinski definition) is 0. The molecule has 1 aliphatic heterocycles. The summed E-state index contributed by atoms with van der Waals surface area (Å²) in [5.41, 5.74) is 6.85. The molecule has 0 unspecified atom stereocenters. The summed E-state index contributed by atoms with van der Waals surface area (Å²) in [6, 6.07) is 12.1. The van der Waals surface area contributed by atoms with E-state index in [4.69, 9.17) is 23.2 Å². The van der Waals surface area contributed by atoms with Crippen LogP contribution in [0.15, 0.2) is 84.6 Å². The summed E-state index contributed by atoms with van der Waals surface area (Å²) in [6.07, 6.45) is 10.4. The van der Waals surface area contributed by atoms with Gasteiger partial charge in [-0.25, -0.2) is 0 Å². The fourth-order valence-corrected chi connectivity index (χ4v) is 4.68. The van der Waals surface area contributed by atoms with Crippen molar-refractivity contribution < 1.29 is 0 Å². The lowest BCUT2D eigenvalue weighted by Crippen LogP contribution is -2.22. The Morgan fingerprint density at radius 2 is 1.65 bits per heavy atom. The standard InChI is InChI=1S/C28H31Cl2N/c1-19-13-14-21(29)17-23(19)27(3,4)20(2)11-9-8-10-12-26-28(5,6)24-18-22(30)15-16-25(24)31(26)7/h8-18H,2H2,1,3-7H3/b10-8+,11-9+,26-12+. The molecule has 162 valence electrons. The van der Waals surface area contributed by atoms with Crippen LogP contribution in [0.5, 0.6) is 0 Å². The van der Waals surface area contributed by atoms with Gasteiger partial charge in [0.1, 0.15) is 0 Å². The summed E-state index contributed by atoms with van der Waals surface area (Å²) in [4.78, 5) is 2.24. The number of aryl methyl sites for hydroxylation is 1. The molecule has 2 aromatic rings. The SMILES string of the molecule is C=C(/C=C/C=C/C=C1/N(C)c2ccc(Cl)cc2C1(C)C)C(C)(C)c1cc(Cl)ccc1C. The lowest BCUT2D eigenvalue weighted by atomic mass is 9.76. The largest absolute Gasteiger partial charge is 0.347 e. The number of hydrogen-bond acceptors (Lipinski definition) is 1. The van der Waals surface area contributed by atoms with Gasteiger partial charge in [0, 0.05) is 39.3 Å². The second-order valence-electron chi connectivity index (χ2n) is 9.25. The van der Waals surface area contributed by atoms with E-state index >= 15 is 0 Å². The monoisotopic (exact) mass is 451 g/mol. The Bertz CT molecular complexity index is 1100. The van der Waals surface area contributed by atoms with E-state index < -0.39 is 0 Å². The summed E-state index contributed by atoms with van der Waals surface area (Å²) >= 11 is 12.5. The van der Waals surface area contributed by atoms with Crippen LogP contribution in [0.4, 0.5) is 5.69 Å². The highest BCUT2D eigenvalue weighted by atomic mass is 35.5. The number of allylic oxidation sites excluding steroid dienone is 7. The van der Waals surface area contributed by atoms with Crippen LogP contribution in [0.25, 0.3) is 0 Å². The lowest BCUT2D eigenvalue weighted by Gasteiger charge is -2.28. The van der Waals surface area contributed by atoms with Gasteiger partial charge in [-0.05, 0) is 65.6 Å². The molecule has 0 radical (unpaired) electrons. The van der Waals surface area contributed by atoms with E-state index in [1.54, 1.807) is 0 Å². The fraction of sp³-hybridized carbons (Fsp3) is 0.286. The molecule has 0 N–H and O–H groups in total. The number of halogens is 2. The van der Waals surface area contributed by atoms with Crippen molar-refractivity contribution in [1.29, 1.82) is 0 Å². The highest BCUT2D eigenvalue weighted by Gasteiger charge is 2.38. The molecule has 0 aromatic heterocycles. The molecular weight excluding hydrogens is 421 g/mol. The van der Waals surface area contributed by atoms with E-state index in [-0.39, 0.29) is 10.8 Å². The maximum atomic E-state index is 6.24. The summed E-state index contributed by atoms with van der Waals surface area (Å²) in [6.45, 7) is 15.3. The Kier molecular flexibility index (Phi) is 6.60. The van der Waals surface area contributed by atoms with Crippen molar-refractivity contribution in [3.05, 3.63) is 111 Å². The Labute approximate surface area is 197 Å². The third-order valence-electron chi connectivity index (χ3n) is 6.44. The molecule has 0 spiro atoms. The smallest absolute Gasteiger partial charge is 0.0449 e. The molecular formula is C28H31Cl2N. The second-order valence-corrected chi connectivity index (χ2v) is 10.1. The summed E-state index contributed by atoms with van der Waals surface area (Å²) in [7, 11) is 2.11. The molecule has 0 saturated carbocycles. The van der Waals surface area contributed by atoms with E-state index in [0.717, 1.165) is 15.6 Å². The van der Waals surface area contributed by atoms with E-state index in [9.17, 15) is 0 Å². The minimum Gasteiger partial charge on any atom is -0.347 e. The van der Waals surface area contributed by atoms with E-state index in [1.165, 1.54) is 28.1 Å². The molecule has 31 heavy (non-hydrogen) atoms. The van der Waals surface area contributed by atoms with Gasteiger partial charge in [0.25, 0.3) is 0 Å².